The third-order valence-corrected chi connectivity index (χ3v) is 4.25. The summed E-state index contributed by atoms with van der Waals surface area (Å²) in [6, 6.07) is 1.16. The van der Waals surface area contributed by atoms with E-state index in [0.717, 1.165) is 25.4 Å². The number of urea groups is 1. The van der Waals surface area contributed by atoms with Gasteiger partial charge in [0.1, 0.15) is 0 Å². The lowest BCUT2D eigenvalue weighted by Gasteiger charge is -2.26. The quantitative estimate of drug-likeness (QED) is 0.614. The first-order valence-electron chi connectivity index (χ1n) is 7.45. The van der Waals surface area contributed by atoms with Crippen LogP contribution in [0.2, 0.25) is 0 Å². The van der Waals surface area contributed by atoms with Crippen LogP contribution in [0.4, 0.5) is 4.79 Å². The molecule has 0 aliphatic heterocycles. The Labute approximate surface area is 115 Å². The first-order valence-corrected chi connectivity index (χ1v) is 7.45. The van der Waals surface area contributed by atoms with Crippen molar-refractivity contribution in [3.05, 3.63) is 0 Å². The molecule has 5 heteroatoms. The number of hydrogen-bond acceptors (Lipinski definition) is 3. The van der Waals surface area contributed by atoms with E-state index in [2.05, 4.69) is 29.4 Å². The standard InChI is InChI=1S/C14H27N3O2/c1-11(2)17(12-3-4-12)8-7-15-13(19)16-9-14(10-18)5-6-14/h11-12,18H,3-10H2,1-2H3,(H2,15,16,19). The molecule has 2 amide bonds. The summed E-state index contributed by atoms with van der Waals surface area (Å²) in [4.78, 5) is 14.1. The van der Waals surface area contributed by atoms with Crippen molar-refractivity contribution in [3.8, 4) is 0 Å². The van der Waals surface area contributed by atoms with Crippen molar-refractivity contribution in [1.82, 2.24) is 15.5 Å². The number of nitrogens with zero attached hydrogens (tertiary/aromatic N) is 1. The topological polar surface area (TPSA) is 64.6 Å². The van der Waals surface area contributed by atoms with E-state index in [0.29, 0.717) is 19.1 Å². The molecule has 0 saturated heterocycles. The highest BCUT2D eigenvalue weighted by Gasteiger charge is 2.42. The third-order valence-electron chi connectivity index (χ3n) is 4.25. The van der Waals surface area contributed by atoms with Gasteiger partial charge < -0.3 is 15.7 Å². The molecule has 2 saturated carbocycles. The SMILES string of the molecule is CC(C)N(CCNC(=O)NCC1(CO)CC1)C1CC1. The summed E-state index contributed by atoms with van der Waals surface area (Å²) >= 11 is 0. The monoisotopic (exact) mass is 269 g/mol. The Morgan fingerprint density at radius 1 is 1.37 bits per heavy atom. The highest BCUT2D eigenvalue weighted by atomic mass is 16.3. The Kier molecular flexibility index (Phi) is 4.68. The van der Waals surface area contributed by atoms with Gasteiger partial charge in [-0.3, -0.25) is 4.90 Å². The van der Waals surface area contributed by atoms with Gasteiger partial charge in [0, 0.05) is 37.1 Å². The highest BCUT2D eigenvalue weighted by Crippen LogP contribution is 2.44. The summed E-state index contributed by atoms with van der Waals surface area (Å²) in [5, 5.41) is 14.9. The zero-order valence-electron chi connectivity index (χ0n) is 12.1. The number of amides is 2. The maximum Gasteiger partial charge on any atom is 0.314 e. The number of carbonyl (C=O) groups is 1. The molecule has 0 atom stereocenters. The Morgan fingerprint density at radius 2 is 2.05 bits per heavy atom. The van der Waals surface area contributed by atoms with Crippen LogP contribution in [0.5, 0.6) is 0 Å². The van der Waals surface area contributed by atoms with E-state index >= 15 is 0 Å². The number of carbonyl (C=O) groups excluding carboxylic acids is 1. The molecule has 2 aliphatic carbocycles. The Balaban J connectivity index is 1.58. The molecule has 3 N–H and O–H groups in total. The van der Waals surface area contributed by atoms with Gasteiger partial charge in [0.2, 0.25) is 0 Å². The summed E-state index contributed by atoms with van der Waals surface area (Å²) in [5.74, 6) is 0. The molecule has 0 aromatic heterocycles. The van der Waals surface area contributed by atoms with Gasteiger partial charge in [-0.1, -0.05) is 0 Å². The second kappa shape index (κ2) is 6.09. The van der Waals surface area contributed by atoms with Gasteiger partial charge in [-0.15, -0.1) is 0 Å². The van der Waals surface area contributed by atoms with Crippen molar-refractivity contribution in [2.75, 3.05) is 26.2 Å². The maximum atomic E-state index is 11.6. The number of hydrogen-bond donors (Lipinski definition) is 3. The minimum absolute atomic E-state index is 0.0185. The van der Waals surface area contributed by atoms with Crippen LogP contribution in [0.15, 0.2) is 0 Å². The van der Waals surface area contributed by atoms with Crippen LogP contribution in [0.3, 0.4) is 0 Å². The second-order valence-corrected chi connectivity index (χ2v) is 6.33. The molecular formula is C14H27N3O2. The van der Waals surface area contributed by atoms with Gasteiger partial charge >= 0.3 is 6.03 Å². The fourth-order valence-corrected chi connectivity index (χ4v) is 2.46. The van der Waals surface area contributed by atoms with Crippen LogP contribution < -0.4 is 10.6 Å². The molecule has 0 spiro atoms. The lowest BCUT2D eigenvalue weighted by atomic mass is 10.1. The van der Waals surface area contributed by atoms with Gasteiger partial charge in [0.05, 0.1) is 6.61 Å². The van der Waals surface area contributed by atoms with Gasteiger partial charge in [-0.2, -0.15) is 0 Å². The van der Waals surface area contributed by atoms with Crippen LogP contribution in [0.1, 0.15) is 39.5 Å². The van der Waals surface area contributed by atoms with Crippen LogP contribution in [0, 0.1) is 5.41 Å². The Hall–Kier alpha value is -0.810. The largest absolute Gasteiger partial charge is 0.396 e. The molecule has 110 valence electrons. The molecule has 0 bridgehead atoms. The van der Waals surface area contributed by atoms with Crippen molar-refractivity contribution >= 4 is 6.03 Å². The lowest BCUT2D eigenvalue weighted by molar-refractivity contribution is 0.197. The minimum Gasteiger partial charge on any atom is -0.396 e. The van der Waals surface area contributed by atoms with Gasteiger partial charge in [-0.25, -0.2) is 4.79 Å². The zero-order valence-corrected chi connectivity index (χ0v) is 12.1. The average Bonchev–Trinajstić information content (AvgIpc) is 3.26. The summed E-state index contributed by atoms with van der Waals surface area (Å²) in [6.45, 7) is 6.78. The summed E-state index contributed by atoms with van der Waals surface area (Å²) < 4.78 is 0. The van der Waals surface area contributed by atoms with Crippen LogP contribution in [-0.2, 0) is 0 Å². The highest BCUT2D eigenvalue weighted by molar-refractivity contribution is 5.73. The molecule has 0 radical (unpaired) electrons. The lowest BCUT2D eigenvalue weighted by Crippen LogP contribution is -2.44. The van der Waals surface area contributed by atoms with E-state index < -0.39 is 0 Å². The van der Waals surface area contributed by atoms with Crippen LogP contribution in [-0.4, -0.2) is 54.4 Å². The molecular weight excluding hydrogens is 242 g/mol. The molecule has 2 fully saturated rings. The molecule has 2 aliphatic rings. The van der Waals surface area contributed by atoms with E-state index in [-0.39, 0.29) is 18.1 Å². The van der Waals surface area contributed by atoms with Gasteiger partial charge in [-0.05, 0) is 39.5 Å². The molecule has 19 heavy (non-hydrogen) atoms. The summed E-state index contributed by atoms with van der Waals surface area (Å²) in [5.41, 5.74) is -0.0185. The summed E-state index contributed by atoms with van der Waals surface area (Å²) in [6.07, 6.45) is 4.63. The maximum absolute atomic E-state index is 11.6. The molecule has 5 nitrogen and oxygen atoms in total. The number of aliphatic hydroxyl groups excluding tert-OH is 1. The van der Waals surface area contributed by atoms with E-state index in [4.69, 9.17) is 5.11 Å². The van der Waals surface area contributed by atoms with E-state index in [1.54, 1.807) is 0 Å². The number of aliphatic hydroxyl groups is 1. The average molecular weight is 269 g/mol. The molecule has 0 aromatic rings. The van der Waals surface area contributed by atoms with Crippen molar-refractivity contribution < 1.29 is 9.90 Å². The fraction of sp³-hybridized carbons (Fsp3) is 0.929. The third kappa shape index (κ3) is 4.35. The smallest absolute Gasteiger partial charge is 0.314 e. The zero-order chi connectivity index (χ0) is 13.9. The summed E-state index contributed by atoms with van der Waals surface area (Å²) in [7, 11) is 0. The van der Waals surface area contributed by atoms with E-state index in [1.807, 2.05) is 0 Å². The molecule has 0 aromatic carbocycles. The van der Waals surface area contributed by atoms with Crippen molar-refractivity contribution in [1.29, 1.82) is 0 Å². The molecule has 0 unspecified atom stereocenters. The predicted molar refractivity (Wildman–Crippen MR) is 75.0 cm³/mol. The fourth-order valence-electron chi connectivity index (χ4n) is 2.46. The van der Waals surface area contributed by atoms with Gasteiger partial charge in [0.25, 0.3) is 0 Å². The molecule has 0 heterocycles. The molecule has 2 rings (SSSR count). The van der Waals surface area contributed by atoms with Crippen molar-refractivity contribution in [3.63, 3.8) is 0 Å². The normalized spacial score (nSPS) is 20.7. The van der Waals surface area contributed by atoms with E-state index in [1.165, 1.54) is 12.8 Å². The first kappa shape index (κ1) is 14.6. The van der Waals surface area contributed by atoms with Crippen molar-refractivity contribution in [2.45, 2.75) is 51.6 Å². The number of rotatable bonds is 8. The van der Waals surface area contributed by atoms with Crippen molar-refractivity contribution in [2.24, 2.45) is 5.41 Å². The van der Waals surface area contributed by atoms with Crippen LogP contribution >= 0.6 is 0 Å². The first-order chi connectivity index (χ1) is 9.06. The predicted octanol–water partition coefficient (Wildman–Crippen LogP) is 0.931. The minimum atomic E-state index is -0.112. The second-order valence-electron chi connectivity index (χ2n) is 6.33. The number of nitrogens with one attached hydrogen (secondary N) is 2. The van der Waals surface area contributed by atoms with Crippen LogP contribution in [0.25, 0.3) is 0 Å². The van der Waals surface area contributed by atoms with E-state index in [9.17, 15) is 4.79 Å². The Morgan fingerprint density at radius 3 is 2.53 bits per heavy atom. The Bertz CT molecular complexity index is 310. The van der Waals surface area contributed by atoms with Gasteiger partial charge in [0.15, 0.2) is 0 Å².